The molecule has 2 unspecified atom stereocenters. The minimum atomic E-state index is 0.387. The van der Waals surface area contributed by atoms with Crippen LogP contribution < -0.4 is 9.47 Å². The first kappa shape index (κ1) is 13.0. The van der Waals surface area contributed by atoms with Gasteiger partial charge in [0.15, 0.2) is 11.5 Å². The second-order valence-electron chi connectivity index (χ2n) is 4.44. The standard InChI is InChI=1S/C13H16BrClO2/c1-8(7-14)9(2)10-5-12-13(6-11(10)15)17-4-3-16-12/h5-6,8-9H,3-4,7H2,1-2H3. The fraction of sp³-hybridized carbons (Fsp3) is 0.538. The van der Waals surface area contributed by atoms with Gasteiger partial charge in [-0.1, -0.05) is 41.4 Å². The van der Waals surface area contributed by atoms with E-state index in [0.29, 0.717) is 25.0 Å². The molecule has 4 heteroatoms. The van der Waals surface area contributed by atoms with Crippen LogP contribution in [0.3, 0.4) is 0 Å². The van der Waals surface area contributed by atoms with Crippen LogP contribution in [0, 0.1) is 5.92 Å². The molecule has 1 aromatic rings. The molecule has 1 heterocycles. The fourth-order valence-electron chi connectivity index (χ4n) is 1.87. The van der Waals surface area contributed by atoms with Gasteiger partial charge in [-0.15, -0.1) is 0 Å². The lowest BCUT2D eigenvalue weighted by atomic mass is 9.90. The number of rotatable bonds is 3. The zero-order valence-electron chi connectivity index (χ0n) is 10.0. The lowest BCUT2D eigenvalue weighted by Gasteiger charge is -2.24. The average Bonchev–Trinajstić information content (AvgIpc) is 2.36. The first-order chi connectivity index (χ1) is 8.13. The second-order valence-corrected chi connectivity index (χ2v) is 5.49. The fourth-order valence-corrected chi connectivity index (χ4v) is 2.76. The number of ether oxygens (including phenoxy) is 2. The van der Waals surface area contributed by atoms with E-state index in [1.807, 2.05) is 12.1 Å². The van der Waals surface area contributed by atoms with Crippen LogP contribution in [-0.4, -0.2) is 18.5 Å². The molecule has 0 N–H and O–H groups in total. The lowest BCUT2D eigenvalue weighted by molar-refractivity contribution is 0.171. The van der Waals surface area contributed by atoms with E-state index in [-0.39, 0.29) is 0 Å². The molecule has 0 saturated heterocycles. The Hall–Kier alpha value is -0.410. The van der Waals surface area contributed by atoms with E-state index in [4.69, 9.17) is 21.1 Å². The number of fused-ring (bicyclic) bond motifs is 1. The molecular weight excluding hydrogens is 303 g/mol. The number of alkyl halides is 1. The Balaban J connectivity index is 2.34. The Morgan fingerprint density at radius 2 is 1.82 bits per heavy atom. The summed E-state index contributed by atoms with van der Waals surface area (Å²) in [5.74, 6) is 2.47. The van der Waals surface area contributed by atoms with Crippen molar-refractivity contribution in [3.63, 3.8) is 0 Å². The molecule has 0 spiro atoms. The zero-order valence-corrected chi connectivity index (χ0v) is 12.3. The summed E-state index contributed by atoms with van der Waals surface area (Å²) >= 11 is 9.82. The van der Waals surface area contributed by atoms with E-state index in [1.54, 1.807) is 0 Å². The molecule has 0 bridgehead atoms. The molecule has 2 atom stereocenters. The molecule has 0 aromatic heterocycles. The van der Waals surface area contributed by atoms with Gasteiger partial charge < -0.3 is 9.47 Å². The lowest BCUT2D eigenvalue weighted by Crippen LogP contribution is -2.16. The first-order valence-corrected chi connectivity index (χ1v) is 7.28. The monoisotopic (exact) mass is 318 g/mol. The van der Waals surface area contributed by atoms with Crippen LogP contribution >= 0.6 is 27.5 Å². The molecule has 0 radical (unpaired) electrons. The van der Waals surface area contributed by atoms with Crippen LogP contribution in [0.1, 0.15) is 25.3 Å². The SMILES string of the molecule is CC(CBr)C(C)c1cc2c(cc1Cl)OCCO2. The second kappa shape index (κ2) is 5.49. The third-order valence-electron chi connectivity index (χ3n) is 3.25. The normalized spacial score (nSPS) is 17.6. The average molecular weight is 320 g/mol. The molecule has 94 valence electrons. The van der Waals surface area contributed by atoms with E-state index >= 15 is 0 Å². The summed E-state index contributed by atoms with van der Waals surface area (Å²) in [4.78, 5) is 0. The Morgan fingerprint density at radius 3 is 2.41 bits per heavy atom. The third kappa shape index (κ3) is 2.71. The topological polar surface area (TPSA) is 18.5 Å². The van der Waals surface area contributed by atoms with Crippen molar-refractivity contribution in [1.82, 2.24) is 0 Å². The molecule has 0 saturated carbocycles. The van der Waals surface area contributed by atoms with Gasteiger partial charge in [0.1, 0.15) is 13.2 Å². The largest absolute Gasteiger partial charge is 0.486 e. The Bertz CT molecular complexity index is 409. The molecule has 1 aliphatic rings. The summed E-state index contributed by atoms with van der Waals surface area (Å²) in [6, 6.07) is 3.88. The molecule has 17 heavy (non-hydrogen) atoms. The molecule has 2 rings (SSSR count). The van der Waals surface area contributed by atoms with Gasteiger partial charge in [0.2, 0.25) is 0 Å². The molecule has 0 fully saturated rings. The van der Waals surface area contributed by atoms with Crippen molar-refractivity contribution in [3.05, 3.63) is 22.7 Å². The van der Waals surface area contributed by atoms with Crippen LogP contribution in [0.4, 0.5) is 0 Å². The molecule has 0 aliphatic carbocycles. The van der Waals surface area contributed by atoms with Crippen molar-refractivity contribution in [1.29, 1.82) is 0 Å². The summed E-state index contributed by atoms with van der Waals surface area (Å²) in [6.07, 6.45) is 0. The predicted octanol–water partition coefficient (Wildman–Crippen LogP) is 4.25. The van der Waals surface area contributed by atoms with Crippen LogP contribution in [0.25, 0.3) is 0 Å². The van der Waals surface area contributed by atoms with Crippen molar-refractivity contribution in [2.24, 2.45) is 5.92 Å². The van der Waals surface area contributed by atoms with Crippen molar-refractivity contribution in [3.8, 4) is 11.5 Å². The highest BCUT2D eigenvalue weighted by molar-refractivity contribution is 9.09. The summed E-state index contributed by atoms with van der Waals surface area (Å²) in [5, 5.41) is 1.72. The van der Waals surface area contributed by atoms with E-state index in [1.165, 1.54) is 0 Å². The highest BCUT2D eigenvalue weighted by Crippen LogP contribution is 2.40. The highest BCUT2D eigenvalue weighted by Gasteiger charge is 2.21. The predicted molar refractivity (Wildman–Crippen MR) is 73.8 cm³/mol. The van der Waals surface area contributed by atoms with E-state index in [9.17, 15) is 0 Å². The van der Waals surface area contributed by atoms with E-state index < -0.39 is 0 Å². The van der Waals surface area contributed by atoms with Crippen molar-refractivity contribution in [2.45, 2.75) is 19.8 Å². The molecular formula is C13H16BrClO2. The summed E-state index contributed by atoms with van der Waals surface area (Å²) in [7, 11) is 0. The summed E-state index contributed by atoms with van der Waals surface area (Å²) < 4.78 is 11.1. The van der Waals surface area contributed by atoms with Crippen LogP contribution in [-0.2, 0) is 0 Å². The third-order valence-corrected chi connectivity index (χ3v) is 4.60. The first-order valence-electron chi connectivity index (χ1n) is 5.78. The van der Waals surface area contributed by atoms with Crippen molar-refractivity contribution >= 4 is 27.5 Å². The highest BCUT2D eigenvalue weighted by atomic mass is 79.9. The Kier molecular flexibility index (Phi) is 4.21. The molecule has 1 aliphatic heterocycles. The van der Waals surface area contributed by atoms with Crippen molar-refractivity contribution < 1.29 is 9.47 Å². The van der Waals surface area contributed by atoms with Gasteiger partial charge >= 0.3 is 0 Å². The molecule has 2 nitrogen and oxygen atoms in total. The van der Waals surface area contributed by atoms with Crippen LogP contribution in [0.15, 0.2) is 12.1 Å². The molecule has 0 amide bonds. The van der Waals surface area contributed by atoms with Gasteiger partial charge in [-0.05, 0) is 23.5 Å². The maximum atomic E-state index is 6.31. The van der Waals surface area contributed by atoms with Gasteiger partial charge in [-0.2, -0.15) is 0 Å². The zero-order chi connectivity index (χ0) is 12.4. The Morgan fingerprint density at radius 1 is 1.24 bits per heavy atom. The quantitative estimate of drug-likeness (QED) is 0.776. The van der Waals surface area contributed by atoms with E-state index in [2.05, 4.69) is 29.8 Å². The van der Waals surface area contributed by atoms with Crippen LogP contribution in [0.2, 0.25) is 5.02 Å². The van der Waals surface area contributed by atoms with Gasteiger partial charge in [-0.3, -0.25) is 0 Å². The summed E-state index contributed by atoms with van der Waals surface area (Å²) in [6.45, 7) is 5.59. The maximum absolute atomic E-state index is 6.31. The van der Waals surface area contributed by atoms with Gasteiger partial charge in [0, 0.05) is 16.4 Å². The maximum Gasteiger partial charge on any atom is 0.162 e. The van der Waals surface area contributed by atoms with Gasteiger partial charge in [0.25, 0.3) is 0 Å². The Labute approximate surface area is 115 Å². The van der Waals surface area contributed by atoms with Crippen LogP contribution in [0.5, 0.6) is 11.5 Å². The van der Waals surface area contributed by atoms with Gasteiger partial charge in [0.05, 0.1) is 0 Å². The van der Waals surface area contributed by atoms with Crippen molar-refractivity contribution in [2.75, 3.05) is 18.5 Å². The van der Waals surface area contributed by atoms with E-state index in [0.717, 1.165) is 27.4 Å². The number of halogens is 2. The molecule has 1 aromatic carbocycles. The number of hydrogen-bond donors (Lipinski definition) is 0. The number of benzene rings is 1. The minimum absolute atomic E-state index is 0.387. The summed E-state index contributed by atoms with van der Waals surface area (Å²) in [5.41, 5.74) is 1.13. The number of hydrogen-bond acceptors (Lipinski definition) is 2. The smallest absolute Gasteiger partial charge is 0.162 e. The minimum Gasteiger partial charge on any atom is -0.486 e. The van der Waals surface area contributed by atoms with Gasteiger partial charge in [-0.25, -0.2) is 0 Å².